The third-order valence-corrected chi connectivity index (χ3v) is 2.97. The number of hydrogen-bond donors (Lipinski definition) is 2. The number of piperidine rings is 1. The van der Waals surface area contributed by atoms with Crippen molar-refractivity contribution in [3.63, 3.8) is 0 Å². The summed E-state index contributed by atoms with van der Waals surface area (Å²) in [5.74, 6) is 0.458. The summed E-state index contributed by atoms with van der Waals surface area (Å²) < 4.78 is 0. The molecule has 1 atom stereocenters. The predicted octanol–water partition coefficient (Wildman–Crippen LogP) is 1.67. The van der Waals surface area contributed by atoms with Crippen LogP contribution in [0.1, 0.15) is 12.8 Å². The molecule has 4 nitrogen and oxygen atoms in total. The number of amides is 1. The number of pyridine rings is 1. The van der Waals surface area contributed by atoms with Crippen molar-refractivity contribution in [1.82, 2.24) is 10.3 Å². The second-order valence-corrected chi connectivity index (χ2v) is 4.27. The first kappa shape index (κ1) is 11.4. The van der Waals surface area contributed by atoms with E-state index in [0.29, 0.717) is 10.8 Å². The van der Waals surface area contributed by atoms with Gasteiger partial charge in [-0.3, -0.25) is 4.79 Å². The molecule has 1 aliphatic heterocycles. The summed E-state index contributed by atoms with van der Waals surface area (Å²) in [6.45, 7) is 1.73. The summed E-state index contributed by atoms with van der Waals surface area (Å²) in [5.41, 5.74) is 0. The minimum atomic E-state index is -0.00667. The van der Waals surface area contributed by atoms with Crippen molar-refractivity contribution in [1.29, 1.82) is 0 Å². The standard InChI is InChI=1S/C11H14ClN3O/c12-9-4-2-6-14-10(9)15-11(16)8-3-1-5-13-7-8/h2,4,6,8,13H,1,3,5,7H2,(H,14,15,16)/t8-/m1/s1. The summed E-state index contributed by atoms with van der Waals surface area (Å²) in [6.07, 6.45) is 3.57. The van der Waals surface area contributed by atoms with Gasteiger partial charge in [0.25, 0.3) is 0 Å². The molecule has 1 aromatic heterocycles. The smallest absolute Gasteiger partial charge is 0.229 e. The van der Waals surface area contributed by atoms with Gasteiger partial charge in [-0.05, 0) is 31.5 Å². The summed E-state index contributed by atoms with van der Waals surface area (Å²) in [4.78, 5) is 15.9. The minimum Gasteiger partial charge on any atom is -0.316 e. The van der Waals surface area contributed by atoms with Gasteiger partial charge in [-0.2, -0.15) is 0 Å². The second-order valence-electron chi connectivity index (χ2n) is 3.87. The third kappa shape index (κ3) is 2.71. The Morgan fingerprint density at radius 3 is 3.19 bits per heavy atom. The molecule has 1 aliphatic rings. The van der Waals surface area contributed by atoms with Crippen molar-refractivity contribution in [2.24, 2.45) is 5.92 Å². The van der Waals surface area contributed by atoms with E-state index < -0.39 is 0 Å². The molecule has 2 rings (SSSR count). The average Bonchev–Trinajstić information content (AvgIpc) is 2.33. The molecule has 5 heteroatoms. The fourth-order valence-electron chi connectivity index (χ4n) is 1.77. The van der Waals surface area contributed by atoms with Crippen molar-refractivity contribution < 1.29 is 4.79 Å². The number of anilines is 1. The molecule has 0 aliphatic carbocycles. The molecule has 2 heterocycles. The fourth-order valence-corrected chi connectivity index (χ4v) is 1.94. The lowest BCUT2D eigenvalue weighted by Crippen LogP contribution is -2.37. The van der Waals surface area contributed by atoms with Crippen LogP contribution in [0.5, 0.6) is 0 Å². The summed E-state index contributed by atoms with van der Waals surface area (Å²) >= 11 is 5.91. The predicted molar refractivity (Wildman–Crippen MR) is 63.5 cm³/mol. The molecular weight excluding hydrogens is 226 g/mol. The molecule has 86 valence electrons. The first-order valence-electron chi connectivity index (χ1n) is 5.39. The van der Waals surface area contributed by atoms with Crippen molar-refractivity contribution in [2.75, 3.05) is 18.4 Å². The summed E-state index contributed by atoms with van der Waals surface area (Å²) in [6, 6.07) is 3.45. The van der Waals surface area contributed by atoms with E-state index >= 15 is 0 Å². The molecule has 1 saturated heterocycles. The quantitative estimate of drug-likeness (QED) is 0.826. The maximum atomic E-state index is 11.9. The lowest BCUT2D eigenvalue weighted by molar-refractivity contribution is -0.120. The normalized spacial score (nSPS) is 20.4. The van der Waals surface area contributed by atoms with E-state index in [1.807, 2.05) is 0 Å². The van der Waals surface area contributed by atoms with E-state index in [4.69, 9.17) is 11.6 Å². The number of rotatable bonds is 2. The highest BCUT2D eigenvalue weighted by molar-refractivity contribution is 6.33. The molecule has 0 unspecified atom stereocenters. The highest BCUT2D eigenvalue weighted by Gasteiger charge is 2.21. The first-order chi connectivity index (χ1) is 7.77. The topological polar surface area (TPSA) is 54.0 Å². The van der Waals surface area contributed by atoms with E-state index in [0.717, 1.165) is 25.9 Å². The Morgan fingerprint density at radius 2 is 2.50 bits per heavy atom. The van der Waals surface area contributed by atoms with Crippen LogP contribution in [0, 0.1) is 5.92 Å². The molecule has 0 spiro atoms. The van der Waals surface area contributed by atoms with Crippen molar-refractivity contribution in [3.8, 4) is 0 Å². The number of halogens is 1. The van der Waals surface area contributed by atoms with Gasteiger partial charge in [-0.1, -0.05) is 11.6 Å². The van der Waals surface area contributed by atoms with Crippen molar-refractivity contribution >= 4 is 23.3 Å². The lowest BCUT2D eigenvalue weighted by Gasteiger charge is -2.21. The molecule has 1 amide bonds. The van der Waals surface area contributed by atoms with Crippen molar-refractivity contribution in [3.05, 3.63) is 23.4 Å². The van der Waals surface area contributed by atoms with Crippen LogP contribution in [0.4, 0.5) is 5.82 Å². The van der Waals surface area contributed by atoms with Gasteiger partial charge >= 0.3 is 0 Å². The first-order valence-corrected chi connectivity index (χ1v) is 5.77. The Labute approximate surface area is 99.4 Å². The Hall–Kier alpha value is -1.13. The molecule has 0 saturated carbocycles. The zero-order valence-electron chi connectivity index (χ0n) is 8.87. The van der Waals surface area contributed by atoms with Crippen LogP contribution in [0.15, 0.2) is 18.3 Å². The van der Waals surface area contributed by atoms with E-state index in [9.17, 15) is 4.79 Å². The Balaban J connectivity index is 1.99. The van der Waals surface area contributed by atoms with E-state index in [1.165, 1.54) is 0 Å². The van der Waals surface area contributed by atoms with Crippen LogP contribution in [0.25, 0.3) is 0 Å². The lowest BCUT2D eigenvalue weighted by atomic mass is 9.99. The van der Waals surface area contributed by atoms with Crippen LogP contribution in [-0.2, 0) is 4.79 Å². The summed E-state index contributed by atoms with van der Waals surface area (Å²) in [5, 5.41) is 6.43. The number of aromatic nitrogens is 1. The number of hydrogen-bond acceptors (Lipinski definition) is 3. The van der Waals surface area contributed by atoms with Gasteiger partial charge < -0.3 is 10.6 Å². The van der Waals surface area contributed by atoms with Gasteiger partial charge in [0, 0.05) is 12.7 Å². The molecule has 16 heavy (non-hydrogen) atoms. The van der Waals surface area contributed by atoms with Crippen LogP contribution in [-0.4, -0.2) is 24.0 Å². The van der Waals surface area contributed by atoms with Crippen LogP contribution in [0.3, 0.4) is 0 Å². The maximum absolute atomic E-state index is 11.9. The molecule has 0 aromatic carbocycles. The van der Waals surface area contributed by atoms with Crippen LogP contribution in [0.2, 0.25) is 5.02 Å². The molecule has 2 N–H and O–H groups in total. The van der Waals surface area contributed by atoms with Crippen LogP contribution >= 0.6 is 11.6 Å². The minimum absolute atomic E-state index is 0.00667. The van der Waals surface area contributed by atoms with Gasteiger partial charge in [0.1, 0.15) is 0 Å². The third-order valence-electron chi connectivity index (χ3n) is 2.67. The molecule has 1 aromatic rings. The summed E-state index contributed by atoms with van der Waals surface area (Å²) in [7, 11) is 0. The largest absolute Gasteiger partial charge is 0.316 e. The Morgan fingerprint density at radius 1 is 1.62 bits per heavy atom. The van der Waals surface area contributed by atoms with Gasteiger partial charge in [-0.25, -0.2) is 4.98 Å². The molecular formula is C11H14ClN3O. The molecule has 0 radical (unpaired) electrons. The fraction of sp³-hybridized carbons (Fsp3) is 0.455. The van der Waals surface area contributed by atoms with Crippen molar-refractivity contribution in [2.45, 2.75) is 12.8 Å². The Bertz CT molecular complexity index is 377. The van der Waals surface area contributed by atoms with E-state index in [1.54, 1.807) is 18.3 Å². The average molecular weight is 240 g/mol. The van der Waals surface area contributed by atoms with E-state index in [-0.39, 0.29) is 11.8 Å². The molecule has 0 bridgehead atoms. The zero-order chi connectivity index (χ0) is 11.4. The maximum Gasteiger partial charge on any atom is 0.229 e. The van der Waals surface area contributed by atoms with Gasteiger partial charge in [0.15, 0.2) is 5.82 Å². The number of nitrogens with zero attached hydrogens (tertiary/aromatic N) is 1. The zero-order valence-corrected chi connectivity index (χ0v) is 9.63. The second kappa shape index (κ2) is 5.27. The number of carbonyl (C=O) groups excluding carboxylic acids is 1. The van der Waals surface area contributed by atoms with Gasteiger partial charge in [0.2, 0.25) is 5.91 Å². The number of nitrogens with one attached hydrogen (secondary N) is 2. The SMILES string of the molecule is O=C(Nc1ncccc1Cl)[C@@H]1CCCNC1. The van der Waals surface area contributed by atoms with E-state index in [2.05, 4.69) is 15.6 Å². The van der Waals surface area contributed by atoms with Gasteiger partial charge in [0.05, 0.1) is 10.9 Å². The monoisotopic (exact) mass is 239 g/mol. The number of carbonyl (C=O) groups is 1. The van der Waals surface area contributed by atoms with Crippen LogP contribution < -0.4 is 10.6 Å². The highest BCUT2D eigenvalue weighted by atomic mass is 35.5. The van der Waals surface area contributed by atoms with Gasteiger partial charge in [-0.15, -0.1) is 0 Å². The highest BCUT2D eigenvalue weighted by Crippen LogP contribution is 2.19. The molecule has 1 fully saturated rings. The Kier molecular flexibility index (Phi) is 3.74.